The first-order chi connectivity index (χ1) is 11.1. The molecule has 1 fully saturated rings. The third kappa shape index (κ3) is 3.65. The summed E-state index contributed by atoms with van der Waals surface area (Å²) in [5.41, 5.74) is 0. The van der Waals surface area contributed by atoms with Gasteiger partial charge in [0, 0.05) is 31.5 Å². The first-order valence-electron chi connectivity index (χ1n) is 7.29. The van der Waals surface area contributed by atoms with Gasteiger partial charge in [-0.05, 0) is 31.0 Å². The summed E-state index contributed by atoms with van der Waals surface area (Å²) in [5, 5.41) is 11.9. The number of carboxylic acids is 1. The molecule has 0 atom stereocenters. The van der Waals surface area contributed by atoms with Gasteiger partial charge in [-0.25, -0.2) is 14.8 Å². The Morgan fingerprint density at radius 1 is 1.17 bits per heavy atom. The van der Waals surface area contributed by atoms with E-state index in [0.29, 0.717) is 10.8 Å². The lowest BCUT2D eigenvalue weighted by molar-refractivity contribution is 0.0702. The standard InChI is InChI=1S/C15H16N4O3S/c20-13(11-2-3-12(23-11)14(21)22)18-10-4-8-19(9-5-10)15-16-6-1-7-17-15/h1-3,6-7,10H,4-5,8-9H2,(H,18,20)(H,21,22). The van der Waals surface area contributed by atoms with E-state index in [2.05, 4.69) is 20.2 Å². The first-order valence-corrected chi connectivity index (χ1v) is 8.11. The number of hydrogen-bond donors (Lipinski definition) is 2. The van der Waals surface area contributed by atoms with Gasteiger partial charge in [-0.2, -0.15) is 0 Å². The summed E-state index contributed by atoms with van der Waals surface area (Å²) in [7, 11) is 0. The summed E-state index contributed by atoms with van der Waals surface area (Å²) in [4.78, 5) is 34.2. The molecule has 3 rings (SSSR count). The van der Waals surface area contributed by atoms with Crippen molar-refractivity contribution in [1.82, 2.24) is 15.3 Å². The Hall–Kier alpha value is -2.48. The van der Waals surface area contributed by atoms with E-state index in [-0.39, 0.29) is 16.8 Å². The maximum absolute atomic E-state index is 12.2. The van der Waals surface area contributed by atoms with Gasteiger partial charge < -0.3 is 15.3 Å². The molecule has 2 N–H and O–H groups in total. The number of nitrogens with one attached hydrogen (secondary N) is 1. The van der Waals surface area contributed by atoms with Gasteiger partial charge in [-0.3, -0.25) is 4.79 Å². The summed E-state index contributed by atoms with van der Waals surface area (Å²) < 4.78 is 0. The quantitative estimate of drug-likeness (QED) is 0.883. The molecule has 1 aliphatic rings. The summed E-state index contributed by atoms with van der Waals surface area (Å²) in [6.45, 7) is 1.56. The second-order valence-electron chi connectivity index (χ2n) is 5.25. The average molecular weight is 332 g/mol. The molecule has 0 aromatic carbocycles. The Bertz CT molecular complexity index is 696. The van der Waals surface area contributed by atoms with Crippen molar-refractivity contribution < 1.29 is 14.7 Å². The van der Waals surface area contributed by atoms with E-state index >= 15 is 0 Å². The highest BCUT2D eigenvalue weighted by atomic mass is 32.1. The molecular weight excluding hydrogens is 316 g/mol. The van der Waals surface area contributed by atoms with Crippen molar-refractivity contribution in [2.24, 2.45) is 0 Å². The number of carboxylic acid groups (broad SMARTS) is 1. The van der Waals surface area contributed by atoms with Crippen LogP contribution < -0.4 is 10.2 Å². The molecule has 0 saturated carbocycles. The van der Waals surface area contributed by atoms with Crippen LogP contribution in [0.25, 0.3) is 0 Å². The Morgan fingerprint density at radius 3 is 2.43 bits per heavy atom. The summed E-state index contributed by atoms with van der Waals surface area (Å²) >= 11 is 0.993. The maximum atomic E-state index is 12.2. The fraction of sp³-hybridized carbons (Fsp3) is 0.333. The molecule has 2 aromatic heterocycles. The van der Waals surface area contributed by atoms with Crippen LogP contribution in [-0.4, -0.2) is 46.1 Å². The second-order valence-corrected chi connectivity index (χ2v) is 6.34. The van der Waals surface area contributed by atoms with Crippen LogP contribution in [0.15, 0.2) is 30.6 Å². The third-order valence-electron chi connectivity index (χ3n) is 3.71. The molecule has 0 spiro atoms. The highest BCUT2D eigenvalue weighted by Gasteiger charge is 2.23. The van der Waals surface area contributed by atoms with Gasteiger partial charge >= 0.3 is 5.97 Å². The molecule has 0 bridgehead atoms. The number of rotatable bonds is 4. The predicted octanol–water partition coefficient (Wildman–Crippen LogP) is 1.64. The molecule has 1 amide bonds. The highest BCUT2D eigenvalue weighted by Crippen LogP contribution is 2.19. The first kappa shape index (κ1) is 15.4. The minimum absolute atomic E-state index is 0.0813. The minimum atomic E-state index is -1.01. The molecule has 23 heavy (non-hydrogen) atoms. The van der Waals surface area contributed by atoms with Crippen LogP contribution in [0.1, 0.15) is 32.2 Å². The molecule has 1 saturated heterocycles. The Labute approximate surface area is 137 Å². The van der Waals surface area contributed by atoms with Crippen LogP contribution in [0.5, 0.6) is 0 Å². The smallest absolute Gasteiger partial charge is 0.345 e. The third-order valence-corrected chi connectivity index (χ3v) is 4.78. The normalized spacial score (nSPS) is 15.4. The predicted molar refractivity (Wildman–Crippen MR) is 86.0 cm³/mol. The lowest BCUT2D eigenvalue weighted by Gasteiger charge is -2.32. The number of carbonyl (C=O) groups is 2. The van der Waals surface area contributed by atoms with Gasteiger partial charge in [0.1, 0.15) is 4.88 Å². The van der Waals surface area contributed by atoms with Crippen molar-refractivity contribution in [3.63, 3.8) is 0 Å². The molecule has 0 unspecified atom stereocenters. The number of hydrogen-bond acceptors (Lipinski definition) is 6. The molecule has 1 aliphatic heterocycles. The SMILES string of the molecule is O=C(O)c1ccc(C(=O)NC2CCN(c3ncccn3)CC2)s1. The van der Waals surface area contributed by atoms with Crippen LogP contribution in [0.2, 0.25) is 0 Å². The number of piperidine rings is 1. The van der Waals surface area contributed by atoms with Gasteiger partial charge in [0.05, 0.1) is 4.88 Å². The number of carbonyl (C=O) groups excluding carboxylic acids is 1. The lowest BCUT2D eigenvalue weighted by Crippen LogP contribution is -2.45. The van der Waals surface area contributed by atoms with E-state index in [1.807, 2.05) is 0 Å². The van der Waals surface area contributed by atoms with Crippen LogP contribution in [0.3, 0.4) is 0 Å². The Balaban J connectivity index is 1.54. The van der Waals surface area contributed by atoms with Crippen molar-refractivity contribution >= 4 is 29.2 Å². The highest BCUT2D eigenvalue weighted by molar-refractivity contribution is 7.15. The van der Waals surface area contributed by atoms with Crippen LogP contribution in [0.4, 0.5) is 5.95 Å². The average Bonchev–Trinajstić information content (AvgIpc) is 3.07. The zero-order valence-electron chi connectivity index (χ0n) is 12.3. The van der Waals surface area contributed by atoms with E-state index in [0.717, 1.165) is 37.3 Å². The largest absolute Gasteiger partial charge is 0.477 e. The van der Waals surface area contributed by atoms with E-state index in [9.17, 15) is 9.59 Å². The Kier molecular flexibility index (Phi) is 4.52. The zero-order valence-corrected chi connectivity index (χ0v) is 13.1. The van der Waals surface area contributed by atoms with Crippen molar-refractivity contribution in [2.75, 3.05) is 18.0 Å². The maximum Gasteiger partial charge on any atom is 0.345 e. The van der Waals surface area contributed by atoms with Crippen molar-refractivity contribution in [1.29, 1.82) is 0 Å². The number of anilines is 1. The fourth-order valence-corrected chi connectivity index (χ4v) is 3.26. The van der Waals surface area contributed by atoms with Gasteiger partial charge in [0.15, 0.2) is 0 Å². The molecule has 120 valence electrons. The molecule has 0 aliphatic carbocycles. The summed E-state index contributed by atoms with van der Waals surface area (Å²) in [5.74, 6) is -0.510. The molecule has 3 heterocycles. The van der Waals surface area contributed by atoms with E-state index in [1.54, 1.807) is 24.5 Å². The van der Waals surface area contributed by atoms with Gasteiger partial charge in [0.2, 0.25) is 5.95 Å². The van der Waals surface area contributed by atoms with Crippen molar-refractivity contribution in [3.05, 3.63) is 40.3 Å². The fourth-order valence-electron chi connectivity index (χ4n) is 2.51. The summed E-state index contributed by atoms with van der Waals surface area (Å²) in [6, 6.07) is 4.87. The lowest BCUT2D eigenvalue weighted by atomic mass is 10.1. The zero-order chi connectivity index (χ0) is 16.2. The summed E-state index contributed by atoms with van der Waals surface area (Å²) in [6.07, 6.45) is 5.04. The van der Waals surface area contributed by atoms with E-state index < -0.39 is 5.97 Å². The van der Waals surface area contributed by atoms with Gasteiger partial charge in [0.25, 0.3) is 5.91 Å². The molecule has 0 radical (unpaired) electrons. The van der Waals surface area contributed by atoms with E-state index in [4.69, 9.17) is 5.11 Å². The van der Waals surface area contributed by atoms with Crippen LogP contribution in [0, 0.1) is 0 Å². The molecule has 2 aromatic rings. The van der Waals surface area contributed by atoms with Gasteiger partial charge in [-0.15, -0.1) is 11.3 Å². The molecule has 8 heteroatoms. The number of aromatic carboxylic acids is 1. The number of nitrogens with zero attached hydrogens (tertiary/aromatic N) is 3. The number of thiophene rings is 1. The number of amides is 1. The number of aromatic nitrogens is 2. The molecular formula is C15H16N4O3S. The monoisotopic (exact) mass is 332 g/mol. The Morgan fingerprint density at radius 2 is 1.83 bits per heavy atom. The van der Waals surface area contributed by atoms with Gasteiger partial charge in [-0.1, -0.05) is 0 Å². The second kappa shape index (κ2) is 6.74. The topological polar surface area (TPSA) is 95.4 Å². The van der Waals surface area contributed by atoms with Crippen molar-refractivity contribution in [3.8, 4) is 0 Å². The minimum Gasteiger partial charge on any atom is -0.477 e. The van der Waals surface area contributed by atoms with E-state index in [1.165, 1.54) is 6.07 Å². The molecule has 7 nitrogen and oxygen atoms in total. The van der Waals surface area contributed by atoms with Crippen LogP contribution >= 0.6 is 11.3 Å². The van der Waals surface area contributed by atoms with Crippen LogP contribution in [-0.2, 0) is 0 Å². The van der Waals surface area contributed by atoms with Crippen molar-refractivity contribution in [2.45, 2.75) is 18.9 Å².